The number of carbonyl (C=O) groups is 2. The lowest BCUT2D eigenvalue weighted by Crippen LogP contribution is -2.24. The van der Waals surface area contributed by atoms with Gasteiger partial charge >= 0.3 is 11.9 Å². The van der Waals surface area contributed by atoms with Gasteiger partial charge in [0.05, 0.1) is 12.8 Å². The Balaban J connectivity index is 0.00000544. The van der Waals surface area contributed by atoms with Crippen molar-refractivity contribution in [3.8, 4) is 0 Å². The average molecular weight is 477 g/mol. The molecule has 2 unspecified atom stereocenters. The highest BCUT2D eigenvalue weighted by Gasteiger charge is 2.30. The second kappa shape index (κ2) is 15.4. The SMILES string of the molecule is CN(C)CCOC(=O)CC(c1ccccc1)C(CC(=O)OCCN(C)C)c1ccccc1.Cl. The molecule has 0 aliphatic carbocycles. The van der Waals surface area contributed by atoms with E-state index in [1.54, 1.807) is 0 Å². The van der Waals surface area contributed by atoms with Gasteiger partial charge in [0, 0.05) is 24.9 Å². The first-order chi connectivity index (χ1) is 15.4. The van der Waals surface area contributed by atoms with E-state index in [1.165, 1.54) is 0 Å². The van der Waals surface area contributed by atoms with Crippen LogP contribution >= 0.6 is 12.4 Å². The summed E-state index contributed by atoms with van der Waals surface area (Å²) >= 11 is 0. The molecule has 182 valence electrons. The number of nitrogens with zero attached hydrogens (tertiary/aromatic N) is 2. The van der Waals surface area contributed by atoms with Crippen LogP contribution in [0.5, 0.6) is 0 Å². The highest BCUT2D eigenvalue weighted by molar-refractivity contribution is 5.85. The molecule has 2 aromatic rings. The molecule has 7 heteroatoms. The van der Waals surface area contributed by atoms with E-state index in [4.69, 9.17) is 9.47 Å². The van der Waals surface area contributed by atoms with E-state index in [0.29, 0.717) is 26.3 Å². The third-order valence-corrected chi connectivity index (χ3v) is 5.32. The summed E-state index contributed by atoms with van der Waals surface area (Å²) in [4.78, 5) is 29.4. The standard InChI is InChI=1S/C26H36N2O4.ClH/c1-27(2)15-17-31-25(29)19-23(21-11-7-5-8-12-21)24(22-13-9-6-10-14-22)20-26(30)32-18-16-28(3)4;/h5-14,23-24H,15-20H2,1-4H3;1H. The number of hydrogen-bond donors (Lipinski definition) is 0. The van der Waals surface area contributed by atoms with Gasteiger partial charge in [-0.25, -0.2) is 0 Å². The molecule has 0 heterocycles. The third kappa shape index (κ3) is 10.8. The van der Waals surface area contributed by atoms with Crippen LogP contribution in [0, 0.1) is 0 Å². The summed E-state index contributed by atoms with van der Waals surface area (Å²) in [6.45, 7) is 2.02. The molecule has 2 aromatic carbocycles. The summed E-state index contributed by atoms with van der Waals surface area (Å²) in [5.41, 5.74) is 2.01. The van der Waals surface area contributed by atoms with E-state index in [0.717, 1.165) is 11.1 Å². The minimum atomic E-state index is -0.261. The Hall–Kier alpha value is -2.41. The molecular formula is C26H37ClN2O4. The fourth-order valence-corrected chi connectivity index (χ4v) is 3.55. The van der Waals surface area contributed by atoms with Crippen LogP contribution in [0.3, 0.4) is 0 Å². The number of carbonyl (C=O) groups excluding carboxylic acids is 2. The Kier molecular flexibility index (Phi) is 13.4. The number of esters is 2. The fourth-order valence-electron chi connectivity index (χ4n) is 3.55. The van der Waals surface area contributed by atoms with Crippen LogP contribution in [-0.2, 0) is 19.1 Å². The summed E-state index contributed by atoms with van der Waals surface area (Å²) in [7, 11) is 7.75. The number of hydrogen-bond acceptors (Lipinski definition) is 6. The van der Waals surface area contributed by atoms with Gasteiger partial charge in [-0.2, -0.15) is 0 Å². The summed E-state index contributed by atoms with van der Waals surface area (Å²) in [6, 6.07) is 19.7. The number of ether oxygens (including phenoxy) is 2. The zero-order valence-electron chi connectivity index (χ0n) is 20.1. The molecule has 0 aromatic heterocycles. The van der Waals surface area contributed by atoms with Gasteiger partial charge in [-0.05, 0) is 39.3 Å². The Labute approximate surface area is 204 Å². The molecule has 2 rings (SSSR count). The van der Waals surface area contributed by atoms with Crippen molar-refractivity contribution >= 4 is 24.3 Å². The van der Waals surface area contributed by atoms with E-state index in [1.807, 2.05) is 98.7 Å². The molecule has 0 spiro atoms. The minimum Gasteiger partial charge on any atom is -0.464 e. The maximum Gasteiger partial charge on any atom is 0.306 e. The minimum absolute atomic E-state index is 0. The van der Waals surface area contributed by atoms with E-state index in [2.05, 4.69) is 0 Å². The predicted octanol–water partition coefficient (Wildman–Crippen LogP) is 3.97. The van der Waals surface area contributed by atoms with E-state index < -0.39 is 0 Å². The second-order valence-electron chi connectivity index (χ2n) is 8.49. The maximum atomic E-state index is 12.7. The van der Waals surface area contributed by atoms with Gasteiger partial charge in [-0.15, -0.1) is 12.4 Å². The van der Waals surface area contributed by atoms with Crippen molar-refractivity contribution in [3.63, 3.8) is 0 Å². The van der Waals surface area contributed by atoms with Crippen LogP contribution < -0.4 is 0 Å². The normalized spacial score (nSPS) is 12.7. The molecule has 2 atom stereocenters. The zero-order valence-corrected chi connectivity index (χ0v) is 20.9. The quantitative estimate of drug-likeness (QED) is 0.408. The molecule has 0 saturated carbocycles. The second-order valence-corrected chi connectivity index (χ2v) is 8.49. The molecule has 0 aliphatic heterocycles. The smallest absolute Gasteiger partial charge is 0.306 e. The first kappa shape index (κ1) is 28.6. The van der Waals surface area contributed by atoms with Crippen molar-refractivity contribution in [1.29, 1.82) is 0 Å². The maximum absolute atomic E-state index is 12.7. The topological polar surface area (TPSA) is 59.1 Å². The third-order valence-electron chi connectivity index (χ3n) is 5.32. The first-order valence-electron chi connectivity index (χ1n) is 11.1. The van der Waals surface area contributed by atoms with Crippen LogP contribution in [0.1, 0.15) is 35.8 Å². The largest absolute Gasteiger partial charge is 0.464 e. The molecule has 0 saturated heterocycles. The van der Waals surface area contributed by atoms with Crippen molar-refractivity contribution in [2.24, 2.45) is 0 Å². The average Bonchev–Trinajstić information content (AvgIpc) is 2.77. The lowest BCUT2D eigenvalue weighted by atomic mass is 9.77. The van der Waals surface area contributed by atoms with Crippen molar-refractivity contribution in [3.05, 3.63) is 71.8 Å². The van der Waals surface area contributed by atoms with Crippen molar-refractivity contribution in [2.75, 3.05) is 54.5 Å². The van der Waals surface area contributed by atoms with Crippen LogP contribution in [0.15, 0.2) is 60.7 Å². The van der Waals surface area contributed by atoms with Gasteiger partial charge in [0.25, 0.3) is 0 Å². The van der Waals surface area contributed by atoms with E-state index >= 15 is 0 Å². The summed E-state index contributed by atoms with van der Waals surface area (Å²) in [6.07, 6.45) is 0.393. The summed E-state index contributed by atoms with van der Waals surface area (Å²) in [5, 5.41) is 0. The Morgan fingerprint density at radius 1 is 0.667 bits per heavy atom. The molecule has 33 heavy (non-hydrogen) atoms. The van der Waals surface area contributed by atoms with Gasteiger partial charge in [-0.1, -0.05) is 60.7 Å². The van der Waals surface area contributed by atoms with Gasteiger partial charge in [0.15, 0.2) is 0 Å². The number of benzene rings is 2. The molecule has 0 radical (unpaired) electrons. The van der Waals surface area contributed by atoms with Crippen molar-refractivity contribution < 1.29 is 19.1 Å². The van der Waals surface area contributed by atoms with Gasteiger partial charge in [0.1, 0.15) is 13.2 Å². The lowest BCUT2D eigenvalue weighted by Gasteiger charge is -2.27. The van der Waals surface area contributed by atoms with Crippen LogP contribution in [0.25, 0.3) is 0 Å². The van der Waals surface area contributed by atoms with Gasteiger partial charge in [0.2, 0.25) is 0 Å². The van der Waals surface area contributed by atoms with Gasteiger partial charge < -0.3 is 19.3 Å². The number of rotatable bonds is 13. The van der Waals surface area contributed by atoms with Crippen LogP contribution in [-0.4, -0.2) is 76.2 Å². The molecule has 0 amide bonds. The fraction of sp³-hybridized carbons (Fsp3) is 0.462. The van der Waals surface area contributed by atoms with Crippen molar-refractivity contribution in [1.82, 2.24) is 9.80 Å². The molecule has 0 bridgehead atoms. The van der Waals surface area contributed by atoms with Gasteiger partial charge in [-0.3, -0.25) is 9.59 Å². The molecule has 6 nitrogen and oxygen atoms in total. The molecule has 0 N–H and O–H groups in total. The molecular weight excluding hydrogens is 440 g/mol. The summed E-state index contributed by atoms with van der Waals surface area (Å²) < 4.78 is 11.0. The van der Waals surface area contributed by atoms with Crippen LogP contribution in [0.4, 0.5) is 0 Å². The Morgan fingerprint density at radius 2 is 1.00 bits per heavy atom. The summed E-state index contributed by atoms with van der Waals surface area (Å²) in [5.74, 6) is -0.927. The van der Waals surface area contributed by atoms with Crippen molar-refractivity contribution in [2.45, 2.75) is 24.7 Å². The molecule has 0 fully saturated rings. The number of halogens is 1. The van der Waals surface area contributed by atoms with E-state index in [-0.39, 0.29) is 49.0 Å². The Bertz CT molecular complexity index is 746. The predicted molar refractivity (Wildman–Crippen MR) is 134 cm³/mol. The highest BCUT2D eigenvalue weighted by Crippen LogP contribution is 2.38. The Morgan fingerprint density at radius 3 is 1.30 bits per heavy atom. The lowest BCUT2D eigenvalue weighted by molar-refractivity contribution is -0.147. The molecule has 0 aliphatic rings. The highest BCUT2D eigenvalue weighted by atomic mass is 35.5. The van der Waals surface area contributed by atoms with Crippen LogP contribution in [0.2, 0.25) is 0 Å². The van der Waals surface area contributed by atoms with E-state index in [9.17, 15) is 9.59 Å². The zero-order chi connectivity index (χ0) is 23.3. The first-order valence-corrected chi connectivity index (χ1v) is 11.1. The number of likely N-dealkylation sites (N-methyl/N-ethyl adjacent to an activating group) is 2. The monoisotopic (exact) mass is 476 g/mol.